The number of aryl methyl sites for hydroxylation is 2. The van der Waals surface area contributed by atoms with Crippen molar-refractivity contribution in [1.82, 2.24) is 4.57 Å². The second-order valence-corrected chi connectivity index (χ2v) is 8.41. The van der Waals surface area contributed by atoms with E-state index in [-0.39, 0.29) is 11.5 Å². The molecule has 4 rings (SSSR count). The van der Waals surface area contributed by atoms with Crippen molar-refractivity contribution >= 4 is 55.2 Å². The average molecular weight is 505 g/mol. The van der Waals surface area contributed by atoms with Gasteiger partial charge in [-0.05, 0) is 77.0 Å². The molecule has 0 unspecified atom stereocenters. The molecule has 0 spiro atoms. The van der Waals surface area contributed by atoms with Gasteiger partial charge in [0, 0.05) is 17.3 Å². The van der Waals surface area contributed by atoms with Crippen LogP contribution in [0.1, 0.15) is 29.4 Å². The lowest BCUT2D eigenvalue weighted by molar-refractivity contribution is 0.0684. The van der Waals surface area contributed by atoms with Crippen LogP contribution >= 0.6 is 27.5 Å². The van der Waals surface area contributed by atoms with Crippen LogP contribution < -0.4 is 4.74 Å². The first-order chi connectivity index (χ1) is 14.9. The van der Waals surface area contributed by atoms with Crippen molar-refractivity contribution in [3.63, 3.8) is 0 Å². The van der Waals surface area contributed by atoms with Gasteiger partial charge in [0.05, 0.1) is 21.6 Å². The molecular formula is C24H20BrClFNO3. The van der Waals surface area contributed by atoms with Crippen molar-refractivity contribution in [3.8, 4) is 5.75 Å². The summed E-state index contributed by atoms with van der Waals surface area (Å²) in [6.07, 6.45) is 1.17. The van der Waals surface area contributed by atoms with Crippen LogP contribution in [0.25, 0.3) is 21.7 Å². The van der Waals surface area contributed by atoms with Gasteiger partial charge in [-0.25, -0.2) is 9.18 Å². The Morgan fingerprint density at radius 2 is 1.97 bits per heavy atom. The van der Waals surface area contributed by atoms with E-state index in [4.69, 9.17) is 16.3 Å². The smallest absolute Gasteiger partial charge is 0.352 e. The number of carboxylic acids is 1. The van der Waals surface area contributed by atoms with Gasteiger partial charge in [-0.1, -0.05) is 29.8 Å². The molecule has 0 saturated carbocycles. The average Bonchev–Trinajstić information content (AvgIpc) is 3.07. The van der Waals surface area contributed by atoms with Gasteiger partial charge in [0.15, 0.2) is 0 Å². The molecule has 4 nitrogen and oxygen atoms in total. The minimum atomic E-state index is -0.965. The van der Waals surface area contributed by atoms with Gasteiger partial charge in [-0.2, -0.15) is 0 Å². The van der Waals surface area contributed by atoms with Crippen LogP contribution in [0, 0.1) is 5.82 Å². The predicted octanol–water partition coefficient (Wildman–Crippen LogP) is 7.08. The SMILES string of the molecule is CCn1c(C(=O)O)c(CCCOc2cccc3cc(F)ccc23)c2ccc(Cl)c(Br)c21. The van der Waals surface area contributed by atoms with Crippen LogP contribution in [0.2, 0.25) is 5.02 Å². The van der Waals surface area contributed by atoms with E-state index in [9.17, 15) is 14.3 Å². The summed E-state index contributed by atoms with van der Waals surface area (Å²) in [7, 11) is 0. The minimum Gasteiger partial charge on any atom is -0.493 e. The summed E-state index contributed by atoms with van der Waals surface area (Å²) in [4.78, 5) is 12.1. The third-order valence-corrected chi connectivity index (χ3v) is 6.72. The van der Waals surface area contributed by atoms with Gasteiger partial charge in [-0.3, -0.25) is 0 Å². The van der Waals surface area contributed by atoms with Crippen molar-refractivity contribution in [2.24, 2.45) is 0 Å². The summed E-state index contributed by atoms with van der Waals surface area (Å²) < 4.78 is 21.9. The summed E-state index contributed by atoms with van der Waals surface area (Å²) in [5.41, 5.74) is 1.84. The van der Waals surface area contributed by atoms with Crippen LogP contribution in [0.4, 0.5) is 4.39 Å². The summed E-state index contributed by atoms with van der Waals surface area (Å²) in [6, 6.07) is 13.8. The van der Waals surface area contributed by atoms with Crippen LogP contribution in [-0.2, 0) is 13.0 Å². The molecule has 0 bridgehead atoms. The first-order valence-corrected chi connectivity index (χ1v) is 11.1. The van der Waals surface area contributed by atoms with Gasteiger partial charge in [0.2, 0.25) is 0 Å². The Hall–Kier alpha value is -2.57. The number of halogens is 3. The lowest BCUT2D eigenvalue weighted by Crippen LogP contribution is -2.10. The van der Waals surface area contributed by atoms with E-state index in [2.05, 4.69) is 15.9 Å². The lowest BCUT2D eigenvalue weighted by atomic mass is 10.1. The Morgan fingerprint density at radius 1 is 1.19 bits per heavy atom. The van der Waals surface area contributed by atoms with Gasteiger partial charge in [-0.15, -0.1) is 0 Å². The van der Waals surface area contributed by atoms with Gasteiger partial charge in [0.25, 0.3) is 0 Å². The lowest BCUT2D eigenvalue weighted by Gasteiger charge is -2.10. The number of aromatic nitrogens is 1. The highest BCUT2D eigenvalue weighted by atomic mass is 79.9. The Balaban J connectivity index is 1.59. The van der Waals surface area contributed by atoms with Crippen LogP contribution in [-0.4, -0.2) is 22.2 Å². The van der Waals surface area contributed by atoms with Crippen LogP contribution in [0.5, 0.6) is 5.75 Å². The molecule has 0 aliphatic heterocycles. The van der Waals surface area contributed by atoms with Gasteiger partial charge in [0.1, 0.15) is 17.3 Å². The summed E-state index contributed by atoms with van der Waals surface area (Å²) >= 11 is 9.77. The second kappa shape index (κ2) is 8.89. The summed E-state index contributed by atoms with van der Waals surface area (Å²) in [6.45, 7) is 2.83. The first kappa shape index (κ1) is 21.7. The summed E-state index contributed by atoms with van der Waals surface area (Å²) in [5.74, 6) is -0.570. The number of hydrogen-bond donors (Lipinski definition) is 1. The molecule has 0 amide bonds. The normalized spacial score (nSPS) is 11.4. The fraction of sp³-hybridized carbons (Fsp3) is 0.208. The zero-order valence-electron chi connectivity index (χ0n) is 16.8. The second-order valence-electron chi connectivity index (χ2n) is 7.21. The summed E-state index contributed by atoms with van der Waals surface area (Å²) in [5, 5.41) is 12.9. The van der Waals surface area contributed by atoms with Gasteiger partial charge < -0.3 is 14.4 Å². The highest BCUT2D eigenvalue weighted by Gasteiger charge is 2.23. The van der Waals surface area contributed by atoms with Crippen molar-refractivity contribution in [1.29, 1.82) is 0 Å². The van der Waals surface area contributed by atoms with E-state index >= 15 is 0 Å². The number of nitrogens with zero attached hydrogens (tertiary/aromatic N) is 1. The van der Waals surface area contributed by atoms with E-state index in [0.29, 0.717) is 41.2 Å². The number of ether oxygens (including phenoxy) is 1. The Morgan fingerprint density at radius 3 is 2.71 bits per heavy atom. The molecule has 0 saturated heterocycles. The van der Waals surface area contributed by atoms with Crippen molar-refractivity contribution in [2.75, 3.05) is 6.61 Å². The van der Waals surface area contributed by atoms with Crippen LogP contribution in [0.15, 0.2) is 53.0 Å². The predicted molar refractivity (Wildman–Crippen MR) is 125 cm³/mol. The number of aromatic carboxylic acids is 1. The monoisotopic (exact) mass is 503 g/mol. The Labute approximate surface area is 192 Å². The maximum Gasteiger partial charge on any atom is 0.352 e. The Bertz CT molecular complexity index is 1300. The molecule has 0 fully saturated rings. The molecule has 1 aromatic heterocycles. The van der Waals surface area contributed by atoms with E-state index in [1.165, 1.54) is 12.1 Å². The highest BCUT2D eigenvalue weighted by molar-refractivity contribution is 9.10. The molecule has 0 aliphatic rings. The number of carbonyl (C=O) groups is 1. The van der Waals surface area contributed by atoms with E-state index in [1.54, 1.807) is 16.7 Å². The number of rotatable bonds is 7. The first-order valence-electron chi connectivity index (χ1n) is 9.95. The number of hydrogen-bond acceptors (Lipinski definition) is 2. The molecule has 31 heavy (non-hydrogen) atoms. The molecule has 1 N–H and O–H groups in total. The molecule has 160 valence electrons. The quantitative estimate of drug-likeness (QED) is 0.274. The highest BCUT2D eigenvalue weighted by Crippen LogP contribution is 2.37. The molecular weight excluding hydrogens is 485 g/mol. The standard InChI is InChI=1S/C24H20BrClFNO3/c1-2-28-22-18(10-11-19(26)21(22)25)17(23(28)24(29)30)6-4-12-31-20-7-3-5-14-13-15(27)8-9-16(14)20/h3,5,7-11,13H,2,4,6,12H2,1H3,(H,29,30). The Kier molecular flexibility index (Phi) is 6.21. The fourth-order valence-electron chi connectivity index (χ4n) is 4.05. The number of fused-ring (bicyclic) bond motifs is 2. The van der Waals surface area contributed by atoms with Crippen molar-refractivity contribution < 1.29 is 19.0 Å². The maximum atomic E-state index is 13.5. The molecule has 0 aliphatic carbocycles. The largest absolute Gasteiger partial charge is 0.493 e. The van der Waals surface area contributed by atoms with Crippen LogP contribution in [0.3, 0.4) is 0 Å². The zero-order valence-corrected chi connectivity index (χ0v) is 19.1. The molecule has 4 aromatic rings. The molecule has 0 radical (unpaired) electrons. The molecule has 0 atom stereocenters. The fourth-order valence-corrected chi connectivity index (χ4v) is 4.76. The maximum absolute atomic E-state index is 13.5. The van der Waals surface area contributed by atoms with E-state index in [0.717, 1.165) is 27.2 Å². The number of benzene rings is 3. The third-order valence-electron chi connectivity index (χ3n) is 5.37. The number of carboxylic acid groups (broad SMARTS) is 1. The van der Waals surface area contributed by atoms with Crippen molar-refractivity contribution in [3.05, 3.63) is 75.1 Å². The topological polar surface area (TPSA) is 51.5 Å². The molecule has 7 heteroatoms. The third kappa shape index (κ3) is 4.02. The van der Waals surface area contributed by atoms with E-state index in [1.807, 2.05) is 31.2 Å². The zero-order chi connectivity index (χ0) is 22.1. The molecule has 3 aromatic carbocycles. The van der Waals surface area contributed by atoms with Crippen molar-refractivity contribution in [2.45, 2.75) is 26.3 Å². The minimum absolute atomic E-state index is 0.279. The van der Waals surface area contributed by atoms with E-state index < -0.39 is 5.97 Å². The van der Waals surface area contributed by atoms with Gasteiger partial charge >= 0.3 is 5.97 Å². The molecule has 1 heterocycles.